The second-order valence-corrected chi connectivity index (χ2v) is 17.0. The molecule has 0 unspecified atom stereocenters. The molecule has 0 aromatic rings. The normalized spacial score (nSPS) is 40.4. The zero-order valence-electron chi connectivity index (χ0n) is 29.6. The van der Waals surface area contributed by atoms with E-state index in [2.05, 4.69) is 65.8 Å². The van der Waals surface area contributed by atoms with Gasteiger partial charge in [-0.25, -0.2) is 0 Å². The van der Waals surface area contributed by atoms with Crippen molar-refractivity contribution in [2.24, 2.45) is 57.2 Å². The number of carbonyl (C=O) groups is 2. The topological polar surface area (TPSA) is 80.3 Å². The molecule has 2 saturated carbocycles. The predicted octanol–water partition coefficient (Wildman–Crippen LogP) is 7.36. The predicted molar refractivity (Wildman–Crippen MR) is 180 cm³/mol. The van der Waals surface area contributed by atoms with Crippen molar-refractivity contribution in [1.29, 1.82) is 0 Å². The fourth-order valence-electron chi connectivity index (χ4n) is 11.2. The summed E-state index contributed by atoms with van der Waals surface area (Å²) in [5.41, 5.74) is 5.01. The summed E-state index contributed by atoms with van der Waals surface area (Å²) in [6.07, 6.45) is 21.9. The first-order valence-corrected chi connectivity index (χ1v) is 17.8. The van der Waals surface area contributed by atoms with Crippen LogP contribution in [0.4, 0.5) is 0 Å². The van der Waals surface area contributed by atoms with E-state index < -0.39 is 22.8 Å². The van der Waals surface area contributed by atoms with Gasteiger partial charge in [-0.1, -0.05) is 104 Å². The van der Waals surface area contributed by atoms with Crippen molar-refractivity contribution in [2.45, 2.75) is 132 Å². The van der Waals surface area contributed by atoms with E-state index in [4.69, 9.17) is 0 Å². The molecule has 0 spiro atoms. The fraction of sp³-hybridized carbons (Fsp3) is 0.750. The van der Waals surface area contributed by atoms with Gasteiger partial charge in [-0.15, -0.1) is 0 Å². The maximum Gasteiger partial charge on any atom is 2.00 e. The largest absolute Gasteiger partial charge is 2.00 e. The Morgan fingerprint density at radius 1 is 0.667 bits per heavy atom. The van der Waals surface area contributed by atoms with Crippen LogP contribution in [0.5, 0.6) is 0 Å². The van der Waals surface area contributed by atoms with E-state index >= 15 is 0 Å². The average molecular weight is 627 g/mol. The Hall–Kier alpha value is -1.33. The van der Waals surface area contributed by atoms with Crippen molar-refractivity contribution in [3.63, 3.8) is 0 Å². The third kappa shape index (κ3) is 6.20. The Kier molecular flexibility index (Phi) is 10.8. The third-order valence-corrected chi connectivity index (χ3v) is 14.1. The van der Waals surface area contributed by atoms with Crippen LogP contribution < -0.4 is 10.2 Å². The summed E-state index contributed by atoms with van der Waals surface area (Å²) in [7, 11) is 0. The van der Waals surface area contributed by atoms with E-state index in [1.54, 1.807) is 11.1 Å². The summed E-state index contributed by atoms with van der Waals surface area (Å²) in [6.45, 7) is 17.7. The third-order valence-electron chi connectivity index (χ3n) is 14.1. The first-order chi connectivity index (χ1) is 20.6. The molecule has 0 bridgehead atoms. The zero-order valence-corrected chi connectivity index (χ0v) is 31.0. The van der Waals surface area contributed by atoms with Crippen molar-refractivity contribution in [1.82, 2.24) is 0 Å². The Balaban J connectivity index is 0.000000200. The van der Waals surface area contributed by atoms with Crippen LogP contribution in [0, 0.1) is 57.2 Å². The summed E-state index contributed by atoms with van der Waals surface area (Å²) < 4.78 is 0. The average Bonchev–Trinajstić information content (AvgIpc) is 2.96. The molecule has 0 N–H and O–H groups in total. The molecule has 2 fully saturated rings. The molecule has 0 amide bonds. The number of allylic oxidation sites excluding steroid dienone is 8. The number of carbonyl (C=O) groups excluding carboxylic acids is 2. The van der Waals surface area contributed by atoms with E-state index in [0.717, 1.165) is 51.4 Å². The smallest absolute Gasteiger partial charge is 0.550 e. The monoisotopic (exact) mass is 626 g/mol. The number of hydrogen-bond donors (Lipinski definition) is 0. The molecule has 244 valence electrons. The van der Waals surface area contributed by atoms with Crippen molar-refractivity contribution in [3.05, 3.63) is 46.6 Å². The van der Waals surface area contributed by atoms with Crippen molar-refractivity contribution in [3.8, 4) is 0 Å². The fourth-order valence-corrected chi connectivity index (χ4v) is 11.2. The van der Waals surface area contributed by atoms with Gasteiger partial charge in [0.15, 0.2) is 0 Å². The number of carboxylic acids is 2. The van der Waals surface area contributed by atoms with Crippen LogP contribution in [-0.2, 0) is 9.59 Å². The minimum atomic E-state index is -0.838. The molecule has 0 aromatic carbocycles. The molecule has 0 heterocycles. The minimum absolute atomic E-state index is 0. The van der Waals surface area contributed by atoms with Gasteiger partial charge >= 0.3 is 23.1 Å². The molecular weight excluding hydrogens is 569 g/mol. The summed E-state index contributed by atoms with van der Waals surface area (Å²) >= 11 is 0. The molecule has 6 aliphatic carbocycles. The van der Waals surface area contributed by atoms with E-state index in [1.807, 2.05) is 13.8 Å². The number of hydrogen-bond acceptors (Lipinski definition) is 4. The van der Waals surface area contributed by atoms with E-state index in [-0.39, 0.29) is 45.7 Å². The standard InChI is InChI=1S/2C20H30O2.Mg/c2*1-13(2)14-6-8-16-15(12-14)7-9-17-19(16,3)10-5-11-20(17,4)18(21)22;/h2*7,12-13,16-17H,5-6,8-11H2,1-4H3,(H,21,22);/q;;+2/p-2/t2*16-,17+,19+,20+;/m00./s1. The first-order valence-electron chi connectivity index (χ1n) is 17.8. The molecule has 0 radical (unpaired) electrons. The number of aliphatic carboxylic acids is 2. The number of carboxylic acid groups (broad SMARTS) is 2. The van der Waals surface area contributed by atoms with Crippen molar-refractivity contribution < 1.29 is 19.8 Å². The first kappa shape index (κ1) is 36.5. The Labute approximate surface area is 289 Å². The SMILES string of the molecule is CC(C)C1=CC2=CC[C@@H]3[C@](C)(CCC[C@@]3(C)C(=O)[O-])[C@H]2CC1.CC(C)C1=CC2=CC[C@@H]3[C@](C)(CCC[C@@]3(C)C(=O)[O-])[C@H]2CC1.[Mg+2]. The van der Waals surface area contributed by atoms with Crippen LogP contribution in [0.3, 0.4) is 0 Å². The van der Waals surface area contributed by atoms with Crippen LogP contribution in [0.2, 0.25) is 0 Å². The molecular formula is C40H58MgO4. The van der Waals surface area contributed by atoms with Gasteiger partial charge in [0, 0.05) is 22.8 Å². The van der Waals surface area contributed by atoms with Gasteiger partial charge in [-0.05, 0) is 122 Å². The Morgan fingerprint density at radius 3 is 1.33 bits per heavy atom. The molecule has 8 atom stereocenters. The summed E-state index contributed by atoms with van der Waals surface area (Å²) in [5.74, 6) is 1.08. The van der Waals surface area contributed by atoms with Crippen LogP contribution in [0.25, 0.3) is 0 Å². The summed E-state index contributed by atoms with van der Waals surface area (Å²) in [6, 6.07) is 0. The maximum absolute atomic E-state index is 11.8. The van der Waals surface area contributed by atoms with Crippen molar-refractivity contribution >= 4 is 35.0 Å². The van der Waals surface area contributed by atoms with Crippen LogP contribution in [0.1, 0.15) is 132 Å². The molecule has 6 aliphatic rings. The number of rotatable bonds is 4. The number of fused-ring (bicyclic) bond motifs is 6. The van der Waals surface area contributed by atoms with E-state index in [9.17, 15) is 19.8 Å². The minimum Gasteiger partial charge on any atom is -0.550 e. The van der Waals surface area contributed by atoms with Crippen LogP contribution in [-0.4, -0.2) is 35.0 Å². The van der Waals surface area contributed by atoms with Gasteiger partial charge in [0.05, 0.1) is 0 Å². The van der Waals surface area contributed by atoms with Gasteiger partial charge in [-0.2, -0.15) is 0 Å². The zero-order chi connectivity index (χ0) is 32.2. The van der Waals surface area contributed by atoms with Gasteiger partial charge in [-0.3, -0.25) is 0 Å². The maximum atomic E-state index is 11.8. The molecule has 4 nitrogen and oxygen atoms in total. The van der Waals surface area contributed by atoms with Gasteiger partial charge in [0.1, 0.15) is 0 Å². The van der Waals surface area contributed by atoms with Gasteiger partial charge in [0.25, 0.3) is 0 Å². The van der Waals surface area contributed by atoms with Gasteiger partial charge in [0.2, 0.25) is 0 Å². The molecule has 0 aliphatic heterocycles. The molecule has 0 saturated heterocycles. The Bertz CT molecular complexity index is 1190. The molecule has 45 heavy (non-hydrogen) atoms. The summed E-state index contributed by atoms with van der Waals surface area (Å²) in [4.78, 5) is 23.7. The second kappa shape index (κ2) is 13.3. The second-order valence-electron chi connectivity index (χ2n) is 17.0. The van der Waals surface area contributed by atoms with Crippen LogP contribution >= 0.6 is 0 Å². The van der Waals surface area contributed by atoms with Crippen LogP contribution in [0.15, 0.2) is 46.6 Å². The molecule has 5 heteroatoms. The van der Waals surface area contributed by atoms with Gasteiger partial charge < -0.3 is 19.8 Å². The Morgan fingerprint density at radius 2 is 1.02 bits per heavy atom. The van der Waals surface area contributed by atoms with Crippen molar-refractivity contribution in [2.75, 3.05) is 0 Å². The van der Waals surface area contributed by atoms with E-state index in [1.165, 1.54) is 36.8 Å². The summed E-state index contributed by atoms with van der Waals surface area (Å²) in [5, 5.41) is 23.7. The quantitative estimate of drug-likeness (QED) is 0.305. The molecule has 0 aromatic heterocycles. The molecule has 6 rings (SSSR count). The van der Waals surface area contributed by atoms with E-state index in [0.29, 0.717) is 23.7 Å².